The molecule has 0 radical (unpaired) electrons. The Bertz CT molecular complexity index is 1400. The molecule has 0 atom stereocenters. The minimum atomic E-state index is -0.420. The van der Waals surface area contributed by atoms with Crippen LogP contribution >= 0.6 is 24.0 Å². The number of hydrogen-bond acceptors (Lipinski definition) is 6. The Kier molecular flexibility index (Phi) is 6.76. The second-order valence-electron chi connectivity index (χ2n) is 7.31. The van der Waals surface area contributed by atoms with E-state index in [1.165, 1.54) is 24.8 Å². The summed E-state index contributed by atoms with van der Waals surface area (Å²) in [4.78, 5) is 24.6. The summed E-state index contributed by atoms with van der Waals surface area (Å²) in [6, 6.07) is 21.3. The van der Waals surface area contributed by atoms with Gasteiger partial charge in [-0.05, 0) is 79.8 Å². The van der Waals surface area contributed by atoms with E-state index in [-0.39, 0.29) is 11.5 Å². The number of ketones is 1. The van der Waals surface area contributed by atoms with Crippen molar-refractivity contribution in [1.29, 1.82) is 0 Å². The molecule has 0 aliphatic carbocycles. The highest BCUT2D eigenvalue weighted by Gasteiger charge is 2.08. The summed E-state index contributed by atoms with van der Waals surface area (Å²) in [6.45, 7) is 1.53. The third-order valence-electron chi connectivity index (χ3n) is 4.83. The summed E-state index contributed by atoms with van der Waals surface area (Å²) in [5, 5.41) is 17.0. The Balaban J connectivity index is 1.39. The molecule has 0 saturated carbocycles. The summed E-state index contributed by atoms with van der Waals surface area (Å²) in [5.74, 6) is 0.503. The van der Waals surface area contributed by atoms with Gasteiger partial charge in [0.2, 0.25) is 0 Å². The quantitative estimate of drug-likeness (QED) is 0.139. The highest BCUT2D eigenvalue weighted by atomic mass is 32.2. The van der Waals surface area contributed by atoms with Gasteiger partial charge in [-0.1, -0.05) is 6.07 Å². The van der Waals surface area contributed by atoms with Crippen molar-refractivity contribution in [3.05, 3.63) is 94.3 Å². The molecule has 4 rings (SSSR count). The molecular formula is C25H20N2O4S2. The van der Waals surface area contributed by atoms with Crippen LogP contribution in [-0.4, -0.2) is 16.0 Å². The predicted octanol–water partition coefficient (Wildman–Crippen LogP) is 5.80. The van der Waals surface area contributed by atoms with Gasteiger partial charge in [-0.15, -0.1) is 11.8 Å². The van der Waals surface area contributed by atoms with Gasteiger partial charge in [-0.3, -0.25) is 4.79 Å². The normalized spacial score (nSPS) is 10.7. The van der Waals surface area contributed by atoms with Crippen molar-refractivity contribution < 1.29 is 14.3 Å². The second kappa shape index (κ2) is 9.89. The summed E-state index contributed by atoms with van der Waals surface area (Å²) < 4.78 is 5.33. The molecule has 1 aromatic heterocycles. The summed E-state index contributed by atoms with van der Waals surface area (Å²) in [5.41, 5.74) is 2.71. The smallest absolute Gasteiger partial charge is 0.340 e. The molecule has 0 spiro atoms. The van der Waals surface area contributed by atoms with Crippen molar-refractivity contribution in [2.24, 2.45) is 0 Å². The molecule has 0 aliphatic rings. The number of hydrogen-bond donors (Lipinski definition) is 3. The average Bonchev–Trinajstić information content (AvgIpc) is 2.78. The monoisotopic (exact) mass is 476 g/mol. The molecule has 0 amide bonds. The number of Topliss-reactive ketones (excluding diaryl/α,β-unsaturated/α-hetero) is 1. The number of carbonyl (C=O) groups is 1. The van der Waals surface area contributed by atoms with Gasteiger partial charge >= 0.3 is 5.63 Å². The first-order valence-corrected chi connectivity index (χ1v) is 11.4. The molecule has 166 valence electrons. The zero-order valence-corrected chi connectivity index (χ0v) is 19.3. The molecule has 1 heterocycles. The van der Waals surface area contributed by atoms with Gasteiger partial charge in [-0.25, -0.2) is 4.79 Å². The fourth-order valence-electron chi connectivity index (χ4n) is 3.15. The third kappa shape index (κ3) is 5.79. The van der Waals surface area contributed by atoms with Crippen LogP contribution in [0, 0.1) is 0 Å². The number of rotatable bonds is 6. The maximum absolute atomic E-state index is 12.3. The van der Waals surface area contributed by atoms with Crippen LogP contribution in [0.25, 0.3) is 11.0 Å². The number of thioether (sulfide) groups is 1. The first-order valence-electron chi connectivity index (χ1n) is 10.0. The van der Waals surface area contributed by atoms with Crippen molar-refractivity contribution in [2.75, 3.05) is 10.6 Å². The van der Waals surface area contributed by atoms with Gasteiger partial charge in [0, 0.05) is 44.6 Å². The Morgan fingerprint density at radius 2 is 1.76 bits per heavy atom. The molecule has 0 bridgehead atoms. The zero-order valence-electron chi connectivity index (χ0n) is 17.6. The fourth-order valence-corrected chi connectivity index (χ4v) is 4.29. The number of benzene rings is 3. The number of aromatic hydroxyl groups is 1. The van der Waals surface area contributed by atoms with E-state index in [0.29, 0.717) is 27.6 Å². The van der Waals surface area contributed by atoms with E-state index < -0.39 is 5.63 Å². The second-order valence-corrected chi connectivity index (χ2v) is 8.77. The summed E-state index contributed by atoms with van der Waals surface area (Å²) in [6.07, 6.45) is 0. The molecule has 4 aromatic rings. The lowest BCUT2D eigenvalue weighted by Crippen LogP contribution is -2.19. The van der Waals surface area contributed by atoms with E-state index >= 15 is 0 Å². The van der Waals surface area contributed by atoms with Gasteiger partial charge in [0.05, 0.1) is 0 Å². The minimum Gasteiger partial charge on any atom is -0.508 e. The highest BCUT2D eigenvalue weighted by molar-refractivity contribution is 7.98. The molecule has 3 N–H and O–H groups in total. The number of phenolic OH excluding ortho intramolecular Hbond substituents is 1. The maximum atomic E-state index is 12.3. The lowest BCUT2D eigenvalue weighted by Gasteiger charge is -2.12. The summed E-state index contributed by atoms with van der Waals surface area (Å²) in [7, 11) is 0. The molecule has 0 fully saturated rings. The van der Waals surface area contributed by atoms with E-state index in [0.717, 1.165) is 21.7 Å². The van der Waals surface area contributed by atoms with Crippen LogP contribution in [0.2, 0.25) is 0 Å². The zero-order chi connectivity index (χ0) is 23.4. The Morgan fingerprint density at radius 3 is 2.52 bits per heavy atom. The molecule has 0 saturated heterocycles. The lowest BCUT2D eigenvalue weighted by atomic mass is 10.1. The van der Waals surface area contributed by atoms with Crippen molar-refractivity contribution in [2.45, 2.75) is 17.6 Å². The highest BCUT2D eigenvalue weighted by Crippen LogP contribution is 2.26. The van der Waals surface area contributed by atoms with Gasteiger partial charge in [-0.2, -0.15) is 0 Å². The van der Waals surface area contributed by atoms with Crippen LogP contribution in [0.5, 0.6) is 5.75 Å². The largest absolute Gasteiger partial charge is 0.508 e. The number of phenols is 1. The first-order chi connectivity index (χ1) is 15.9. The van der Waals surface area contributed by atoms with Gasteiger partial charge < -0.3 is 20.2 Å². The molecular weight excluding hydrogens is 456 g/mol. The van der Waals surface area contributed by atoms with E-state index in [2.05, 4.69) is 10.6 Å². The topological polar surface area (TPSA) is 91.6 Å². The van der Waals surface area contributed by atoms with Crippen molar-refractivity contribution >= 4 is 57.2 Å². The molecule has 33 heavy (non-hydrogen) atoms. The van der Waals surface area contributed by atoms with E-state index in [1.807, 2.05) is 24.3 Å². The summed E-state index contributed by atoms with van der Waals surface area (Å²) >= 11 is 6.89. The molecule has 6 nitrogen and oxygen atoms in total. The molecule has 0 aliphatic heterocycles. The maximum Gasteiger partial charge on any atom is 0.340 e. The van der Waals surface area contributed by atoms with Crippen LogP contribution in [-0.2, 0) is 5.75 Å². The Hall–Kier alpha value is -3.62. The van der Waals surface area contributed by atoms with Crippen molar-refractivity contribution in [1.82, 2.24) is 0 Å². The number of carbonyl (C=O) groups excluding carboxylic acids is 1. The first kappa shape index (κ1) is 22.6. The number of thiocarbonyl (C=S) groups is 1. The van der Waals surface area contributed by atoms with E-state index in [9.17, 15) is 14.7 Å². The van der Waals surface area contributed by atoms with Crippen molar-refractivity contribution in [3.63, 3.8) is 0 Å². The molecule has 0 unspecified atom stereocenters. The molecule has 3 aromatic carbocycles. The van der Waals surface area contributed by atoms with Gasteiger partial charge in [0.1, 0.15) is 11.3 Å². The van der Waals surface area contributed by atoms with Crippen molar-refractivity contribution in [3.8, 4) is 5.75 Å². The van der Waals surface area contributed by atoms with E-state index in [1.54, 1.807) is 42.5 Å². The van der Waals surface area contributed by atoms with Gasteiger partial charge in [0.25, 0.3) is 0 Å². The van der Waals surface area contributed by atoms with Gasteiger partial charge in [0.15, 0.2) is 10.9 Å². The number of nitrogens with one attached hydrogen (secondary N) is 2. The predicted molar refractivity (Wildman–Crippen MR) is 136 cm³/mol. The third-order valence-corrected chi connectivity index (χ3v) is 6.07. The number of anilines is 2. The average molecular weight is 477 g/mol. The van der Waals surface area contributed by atoms with Crippen LogP contribution in [0.1, 0.15) is 22.8 Å². The Morgan fingerprint density at radius 1 is 1.00 bits per heavy atom. The standard InChI is InChI=1S/C25H20N2O4S2/c1-15(28)16-5-8-19(9-6-16)26-25(32)27-20-3-2-4-22(12-20)33-14-18-11-17-7-10-21(29)13-23(17)31-24(18)30/h2-13,29H,14H2,1H3,(H2,26,27,32). The fraction of sp³-hybridized carbons (Fsp3) is 0.0800. The minimum absolute atomic E-state index is 0.0114. The lowest BCUT2D eigenvalue weighted by molar-refractivity contribution is 0.101. The Labute approximate surface area is 199 Å². The van der Waals surface area contributed by atoms with Crippen LogP contribution < -0.4 is 16.3 Å². The van der Waals surface area contributed by atoms with Crippen LogP contribution in [0.3, 0.4) is 0 Å². The van der Waals surface area contributed by atoms with Crippen LogP contribution in [0.15, 0.2) is 86.9 Å². The number of fused-ring (bicyclic) bond motifs is 1. The van der Waals surface area contributed by atoms with Crippen LogP contribution in [0.4, 0.5) is 11.4 Å². The SMILES string of the molecule is CC(=O)c1ccc(NC(=S)Nc2cccc(SCc3cc4ccc(O)cc4oc3=O)c2)cc1. The van der Waals surface area contributed by atoms with E-state index in [4.69, 9.17) is 16.6 Å². The molecule has 8 heteroatoms.